The van der Waals surface area contributed by atoms with Crippen LogP contribution in [-0.2, 0) is 14.3 Å². The second-order valence-corrected chi connectivity index (χ2v) is 3.81. The van der Waals surface area contributed by atoms with E-state index in [-0.39, 0.29) is 11.9 Å². The molecule has 1 aliphatic rings. The van der Waals surface area contributed by atoms with Crippen LogP contribution < -0.4 is 0 Å². The summed E-state index contributed by atoms with van der Waals surface area (Å²) in [7, 11) is 0. The van der Waals surface area contributed by atoms with Gasteiger partial charge in [0, 0.05) is 12.0 Å². The van der Waals surface area contributed by atoms with Crippen molar-refractivity contribution in [2.45, 2.75) is 24.8 Å². The lowest BCUT2D eigenvalue weighted by Crippen LogP contribution is -2.38. The molecule has 1 heterocycles. The number of carbonyl (C=O) groups excluding carboxylic acids is 2. The fourth-order valence-corrected chi connectivity index (χ4v) is 1.45. The Labute approximate surface area is 81.7 Å². The molecule has 0 saturated heterocycles. The summed E-state index contributed by atoms with van der Waals surface area (Å²) in [5, 5.41) is -0.638. The van der Waals surface area contributed by atoms with Gasteiger partial charge in [-0.1, -0.05) is 6.92 Å². The highest BCUT2D eigenvalue weighted by Crippen LogP contribution is 2.31. The van der Waals surface area contributed by atoms with Gasteiger partial charge in [-0.25, -0.2) is 4.79 Å². The lowest BCUT2D eigenvalue weighted by atomic mass is 9.88. The van der Waals surface area contributed by atoms with E-state index in [1.165, 1.54) is 6.08 Å². The summed E-state index contributed by atoms with van der Waals surface area (Å²) in [6, 6.07) is 0. The van der Waals surface area contributed by atoms with Gasteiger partial charge in [0.15, 0.2) is 0 Å². The number of alkyl halides is 1. The number of ether oxygens (including phenoxy) is 1. The molecule has 0 aromatic rings. The Morgan fingerprint density at radius 2 is 2.31 bits per heavy atom. The van der Waals surface area contributed by atoms with Crippen molar-refractivity contribution in [1.82, 2.24) is 0 Å². The minimum atomic E-state index is -0.746. The third kappa shape index (κ3) is 1.91. The van der Waals surface area contributed by atoms with Crippen LogP contribution in [0.1, 0.15) is 13.8 Å². The molecule has 3 unspecified atom stereocenters. The number of rotatable bonds is 3. The Balaban J connectivity index is 2.76. The van der Waals surface area contributed by atoms with Gasteiger partial charge in [0.1, 0.15) is 11.9 Å². The van der Waals surface area contributed by atoms with E-state index in [9.17, 15) is 9.59 Å². The Kier molecular flexibility index (Phi) is 2.76. The van der Waals surface area contributed by atoms with Crippen LogP contribution in [0, 0.1) is 5.92 Å². The first-order chi connectivity index (χ1) is 5.99. The summed E-state index contributed by atoms with van der Waals surface area (Å²) in [4.78, 5) is 21.3. The quantitative estimate of drug-likeness (QED) is 0.394. The van der Waals surface area contributed by atoms with Crippen LogP contribution in [0.4, 0.5) is 0 Å². The zero-order valence-corrected chi connectivity index (χ0v) is 8.25. The number of esters is 1. The van der Waals surface area contributed by atoms with Crippen LogP contribution in [0.5, 0.6) is 0 Å². The maximum absolute atomic E-state index is 10.8. The van der Waals surface area contributed by atoms with E-state index in [2.05, 4.69) is 0 Å². The van der Waals surface area contributed by atoms with Crippen molar-refractivity contribution in [2.75, 3.05) is 0 Å². The Bertz CT molecular complexity index is 262. The second-order valence-electron chi connectivity index (χ2n) is 3.31. The van der Waals surface area contributed by atoms with Crippen LogP contribution in [0.3, 0.4) is 0 Å². The highest BCUT2D eigenvalue weighted by atomic mass is 35.5. The highest BCUT2D eigenvalue weighted by Gasteiger charge is 2.39. The molecule has 0 aromatic carbocycles. The topological polar surface area (TPSA) is 43.4 Å². The predicted molar refractivity (Wildman–Crippen MR) is 48.5 cm³/mol. The monoisotopic (exact) mass is 202 g/mol. The molecular formula is C9H11ClO3. The Hall–Kier alpha value is -0.830. The van der Waals surface area contributed by atoms with Crippen molar-refractivity contribution in [3.8, 4) is 0 Å². The van der Waals surface area contributed by atoms with Crippen LogP contribution in [0.15, 0.2) is 12.2 Å². The molecule has 1 aliphatic heterocycles. The third-order valence-corrected chi connectivity index (χ3v) is 2.86. The Morgan fingerprint density at radius 3 is 2.69 bits per heavy atom. The molecule has 3 atom stereocenters. The van der Waals surface area contributed by atoms with Gasteiger partial charge in [-0.05, 0) is 13.0 Å². The normalized spacial score (nSPS) is 31.2. The molecule has 0 aromatic heterocycles. The van der Waals surface area contributed by atoms with Crippen molar-refractivity contribution in [3.63, 3.8) is 0 Å². The lowest BCUT2D eigenvalue weighted by molar-refractivity contribution is -0.148. The fraction of sp³-hybridized carbons (Fsp3) is 0.556. The van der Waals surface area contributed by atoms with E-state index >= 15 is 0 Å². The molecule has 13 heavy (non-hydrogen) atoms. The summed E-state index contributed by atoms with van der Waals surface area (Å²) < 4.78 is 5.04. The molecule has 0 aliphatic carbocycles. The fourth-order valence-electron chi connectivity index (χ4n) is 1.20. The summed E-state index contributed by atoms with van der Waals surface area (Å²) in [6.45, 7) is 3.51. The number of hydrogen-bond donors (Lipinski definition) is 0. The SMILES string of the molecule is CC(C(Cl)C=O)C1(C)C=CC(=O)O1. The molecule has 0 N–H and O–H groups in total. The van der Waals surface area contributed by atoms with Crippen molar-refractivity contribution in [1.29, 1.82) is 0 Å². The first kappa shape index (κ1) is 10.3. The number of carbonyl (C=O) groups is 2. The molecule has 4 heteroatoms. The molecule has 0 spiro atoms. The number of cyclic esters (lactones) is 1. The van der Waals surface area contributed by atoms with Gasteiger partial charge in [-0.3, -0.25) is 0 Å². The van der Waals surface area contributed by atoms with E-state index in [1.807, 2.05) is 0 Å². The van der Waals surface area contributed by atoms with Gasteiger partial charge in [0.05, 0.1) is 5.38 Å². The number of aldehydes is 1. The standard InChI is InChI=1S/C9H11ClO3/c1-6(7(10)5-11)9(2)4-3-8(12)13-9/h3-7H,1-2H3. The van der Waals surface area contributed by atoms with Gasteiger partial charge in [0.2, 0.25) is 0 Å². The van der Waals surface area contributed by atoms with Crippen LogP contribution in [-0.4, -0.2) is 23.2 Å². The summed E-state index contributed by atoms with van der Waals surface area (Å²) >= 11 is 5.74. The van der Waals surface area contributed by atoms with Crippen molar-refractivity contribution in [3.05, 3.63) is 12.2 Å². The van der Waals surface area contributed by atoms with E-state index < -0.39 is 11.0 Å². The average Bonchev–Trinajstić information content (AvgIpc) is 2.45. The molecule has 0 radical (unpaired) electrons. The highest BCUT2D eigenvalue weighted by molar-refractivity contribution is 6.27. The van der Waals surface area contributed by atoms with Gasteiger partial charge < -0.3 is 9.53 Å². The Morgan fingerprint density at radius 1 is 1.69 bits per heavy atom. The molecule has 3 nitrogen and oxygen atoms in total. The van der Waals surface area contributed by atoms with Gasteiger partial charge in [0.25, 0.3) is 0 Å². The summed E-state index contributed by atoms with van der Waals surface area (Å²) in [5.74, 6) is -0.613. The van der Waals surface area contributed by atoms with Crippen LogP contribution in [0.2, 0.25) is 0 Å². The zero-order valence-electron chi connectivity index (χ0n) is 7.49. The molecule has 0 bridgehead atoms. The van der Waals surface area contributed by atoms with Gasteiger partial charge >= 0.3 is 5.97 Å². The molecule has 0 saturated carbocycles. The first-order valence-electron chi connectivity index (χ1n) is 4.01. The maximum Gasteiger partial charge on any atom is 0.331 e. The molecular weight excluding hydrogens is 192 g/mol. The molecule has 1 rings (SSSR count). The van der Waals surface area contributed by atoms with Crippen LogP contribution >= 0.6 is 11.6 Å². The van der Waals surface area contributed by atoms with Crippen LogP contribution in [0.25, 0.3) is 0 Å². The third-order valence-electron chi connectivity index (χ3n) is 2.38. The number of halogens is 1. The minimum Gasteiger partial charge on any atom is -0.452 e. The minimum absolute atomic E-state index is 0.227. The van der Waals surface area contributed by atoms with Crippen molar-refractivity contribution in [2.24, 2.45) is 5.92 Å². The number of hydrogen-bond acceptors (Lipinski definition) is 3. The molecule has 72 valence electrons. The first-order valence-corrected chi connectivity index (χ1v) is 4.45. The van der Waals surface area contributed by atoms with E-state index in [1.54, 1.807) is 19.9 Å². The predicted octanol–water partition coefficient (Wildman–Crippen LogP) is 1.30. The molecule has 0 amide bonds. The van der Waals surface area contributed by atoms with E-state index in [4.69, 9.17) is 16.3 Å². The largest absolute Gasteiger partial charge is 0.452 e. The van der Waals surface area contributed by atoms with E-state index in [0.29, 0.717) is 6.29 Å². The lowest BCUT2D eigenvalue weighted by Gasteiger charge is -2.29. The second kappa shape index (κ2) is 3.50. The smallest absolute Gasteiger partial charge is 0.331 e. The maximum atomic E-state index is 10.8. The summed E-state index contributed by atoms with van der Waals surface area (Å²) in [6.07, 6.45) is 3.64. The van der Waals surface area contributed by atoms with Crippen molar-refractivity contribution >= 4 is 23.9 Å². The molecule has 0 fully saturated rings. The van der Waals surface area contributed by atoms with E-state index in [0.717, 1.165) is 0 Å². The summed E-state index contributed by atoms with van der Waals surface area (Å²) in [5.41, 5.74) is -0.746. The van der Waals surface area contributed by atoms with Crippen molar-refractivity contribution < 1.29 is 14.3 Å². The van der Waals surface area contributed by atoms with Gasteiger partial charge in [-0.15, -0.1) is 11.6 Å². The average molecular weight is 203 g/mol. The zero-order chi connectivity index (χ0) is 10.1. The van der Waals surface area contributed by atoms with Gasteiger partial charge in [-0.2, -0.15) is 0 Å².